The van der Waals surface area contributed by atoms with Crippen LogP contribution < -0.4 is 0 Å². The van der Waals surface area contributed by atoms with Crippen molar-refractivity contribution >= 4 is 10.9 Å². The van der Waals surface area contributed by atoms with E-state index in [-0.39, 0.29) is 6.61 Å². The van der Waals surface area contributed by atoms with E-state index in [4.69, 9.17) is 4.74 Å². The predicted octanol–water partition coefficient (Wildman–Crippen LogP) is 2.81. The number of benzene rings is 1. The molecule has 0 unspecified atom stereocenters. The summed E-state index contributed by atoms with van der Waals surface area (Å²) in [5, 5.41) is 10.4. The standard InChI is InChI=1S/C15H21NO2/c1-12(2)11-18-9-8-16-7-6-14-13(10-17)4-3-5-15(14)16/h3-7,12,17H,8-11H2,1-2H3. The summed E-state index contributed by atoms with van der Waals surface area (Å²) in [6.07, 6.45) is 2.06. The van der Waals surface area contributed by atoms with E-state index in [1.807, 2.05) is 12.1 Å². The molecule has 1 aromatic heterocycles. The molecule has 0 saturated heterocycles. The third kappa shape index (κ3) is 2.92. The van der Waals surface area contributed by atoms with Crippen LogP contribution in [0.4, 0.5) is 0 Å². The zero-order valence-corrected chi connectivity index (χ0v) is 11.1. The quantitative estimate of drug-likeness (QED) is 0.796. The molecule has 98 valence electrons. The zero-order valence-electron chi connectivity index (χ0n) is 11.1. The molecule has 2 rings (SSSR count). The summed E-state index contributed by atoms with van der Waals surface area (Å²) >= 11 is 0. The summed E-state index contributed by atoms with van der Waals surface area (Å²) in [5.41, 5.74) is 2.14. The number of nitrogens with zero attached hydrogens (tertiary/aromatic N) is 1. The normalized spacial score (nSPS) is 11.6. The molecule has 0 bridgehead atoms. The van der Waals surface area contributed by atoms with Crippen LogP contribution in [0, 0.1) is 5.92 Å². The molecule has 0 saturated carbocycles. The van der Waals surface area contributed by atoms with Gasteiger partial charge in [-0.05, 0) is 23.6 Å². The van der Waals surface area contributed by atoms with E-state index in [2.05, 4.69) is 36.7 Å². The topological polar surface area (TPSA) is 34.4 Å². The average Bonchev–Trinajstić information content (AvgIpc) is 2.77. The van der Waals surface area contributed by atoms with Crippen LogP contribution in [0.1, 0.15) is 19.4 Å². The van der Waals surface area contributed by atoms with Crippen molar-refractivity contribution in [1.82, 2.24) is 4.57 Å². The Hall–Kier alpha value is -1.32. The molecule has 0 atom stereocenters. The van der Waals surface area contributed by atoms with Gasteiger partial charge in [0.2, 0.25) is 0 Å². The maximum atomic E-state index is 9.29. The highest BCUT2D eigenvalue weighted by molar-refractivity contribution is 5.83. The van der Waals surface area contributed by atoms with Gasteiger partial charge in [0.25, 0.3) is 0 Å². The first-order valence-corrected chi connectivity index (χ1v) is 6.47. The Kier molecular flexibility index (Phi) is 4.39. The summed E-state index contributed by atoms with van der Waals surface area (Å²) in [4.78, 5) is 0. The van der Waals surface area contributed by atoms with Gasteiger partial charge in [0.1, 0.15) is 0 Å². The van der Waals surface area contributed by atoms with Crippen molar-refractivity contribution in [3.63, 3.8) is 0 Å². The van der Waals surface area contributed by atoms with Gasteiger partial charge in [0.15, 0.2) is 0 Å². The SMILES string of the molecule is CC(C)COCCn1ccc2c(CO)cccc21. The number of rotatable bonds is 6. The van der Waals surface area contributed by atoms with Crippen LogP contribution in [-0.4, -0.2) is 22.9 Å². The first-order valence-electron chi connectivity index (χ1n) is 6.47. The van der Waals surface area contributed by atoms with Gasteiger partial charge in [-0.3, -0.25) is 0 Å². The smallest absolute Gasteiger partial charge is 0.0688 e. The summed E-state index contributed by atoms with van der Waals surface area (Å²) in [6.45, 7) is 6.78. The van der Waals surface area contributed by atoms with Crippen molar-refractivity contribution in [3.05, 3.63) is 36.0 Å². The fourth-order valence-corrected chi connectivity index (χ4v) is 2.10. The number of hydrogen-bond acceptors (Lipinski definition) is 2. The molecule has 1 N–H and O–H groups in total. The highest BCUT2D eigenvalue weighted by atomic mass is 16.5. The van der Waals surface area contributed by atoms with Crippen molar-refractivity contribution in [1.29, 1.82) is 0 Å². The molecule has 2 aromatic rings. The van der Waals surface area contributed by atoms with Gasteiger partial charge in [0.05, 0.1) is 13.2 Å². The number of aromatic nitrogens is 1. The van der Waals surface area contributed by atoms with Crippen LogP contribution in [0.5, 0.6) is 0 Å². The Labute approximate surface area is 108 Å². The highest BCUT2D eigenvalue weighted by Gasteiger charge is 2.04. The molecule has 0 fully saturated rings. The van der Waals surface area contributed by atoms with E-state index in [9.17, 15) is 5.11 Å². The molecular weight excluding hydrogens is 226 g/mol. The van der Waals surface area contributed by atoms with Crippen LogP contribution in [-0.2, 0) is 17.9 Å². The van der Waals surface area contributed by atoms with E-state index < -0.39 is 0 Å². The second-order valence-electron chi connectivity index (χ2n) is 4.99. The first-order chi connectivity index (χ1) is 8.72. The molecule has 0 spiro atoms. The molecule has 0 aliphatic heterocycles. The number of aliphatic hydroxyl groups excluding tert-OH is 1. The first kappa shape index (κ1) is 13.1. The molecule has 0 radical (unpaired) electrons. The molecule has 1 heterocycles. The summed E-state index contributed by atoms with van der Waals surface area (Å²) in [6, 6.07) is 8.08. The minimum Gasteiger partial charge on any atom is -0.392 e. The number of fused-ring (bicyclic) bond motifs is 1. The Morgan fingerprint density at radius 1 is 1.28 bits per heavy atom. The number of ether oxygens (including phenoxy) is 1. The highest BCUT2D eigenvalue weighted by Crippen LogP contribution is 2.20. The lowest BCUT2D eigenvalue weighted by atomic mass is 10.1. The minimum atomic E-state index is 0.0885. The summed E-state index contributed by atoms with van der Waals surface area (Å²) in [7, 11) is 0. The largest absolute Gasteiger partial charge is 0.392 e. The lowest BCUT2D eigenvalue weighted by Crippen LogP contribution is -2.08. The van der Waals surface area contributed by atoms with Gasteiger partial charge in [-0.2, -0.15) is 0 Å². The van der Waals surface area contributed by atoms with Gasteiger partial charge < -0.3 is 14.4 Å². The number of aliphatic hydroxyl groups is 1. The molecule has 0 aliphatic carbocycles. The van der Waals surface area contributed by atoms with Gasteiger partial charge in [-0.15, -0.1) is 0 Å². The molecule has 1 aromatic carbocycles. The van der Waals surface area contributed by atoms with Crippen molar-refractivity contribution in [2.45, 2.75) is 27.0 Å². The van der Waals surface area contributed by atoms with Crippen molar-refractivity contribution in [3.8, 4) is 0 Å². The van der Waals surface area contributed by atoms with Gasteiger partial charge >= 0.3 is 0 Å². The van der Waals surface area contributed by atoms with Crippen molar-refractivity contribution in [2.24, 2.45) is 5.92 Å². The third-order valence-electron chi connectivity index (χ3n) is 3.00. The maximum Gasteiger partial charge on any atom is 0.0688 e. The Morgan fingerprint density at radius 3 is 2.83 bits per heavy atom. The molecule has 3 nitrogen and oxygen atoms in total. The van der Waals surface area contributed by atoms with Crippen LogP contribution in [0.3, 0.4) is 0 Å². The molecule has 0 amide bonds. The zero-order chi connectivity index (χ0) is 13.0. The predicted molar refractivity (Wildman–Crippen MR) is 73.5 cm³/mol. The summed E-state index contributed by atoms with van der Waals surface area (Å²) in [5.74, 6) is 0.576. The van der Waals surface area contributed by atoms with E-state index in [0.717, 1.165) is 36.2 Å². The van der Waals surface area contributed by atoms with E-state index >= 15 is 0 Å². The molecular formula is C15H21NO2. The van der Waals surface area contributed by atoms with Gasteiger partial charge in [-0.25, -0.2) is 0 Å². The van der Waals surface area contributed by atoms with Crippen LogP contribution in [0.2, 0.25) is 0 Å². The summed E-state index contributed by atoms with van der Waals surface area (Å²) < 4.78 is 7.78. The third-order valence-corrected chi connectivity index (χ3v) is 3.00. The molecule has 18 heavy (non-hydrogen) atoms. The van der Waals surface area contributed by atoms with Crippen molar-refractivity contribution in [2.75, 3.05) is 13.2 Å². The van der Waals surface area contributed by atoms with Crippen LogP contribution in [0.15, 0.2) is 30.5 Å². The van der Waals surface area contributed by atoms with Crippen LogP contribution in [0.25, 0.3) is 10.9 Å². The monoisotopic (exact) mass is 247 g/mol. The second kappa shape index (κ2) is 6.03. The average molecular weight is 247 g/mol. The van der Waals surface area contributed by atoms with Gasteiger partial charge in [0, 0.05) is 30.3 Å². The molecule has 3 heteroatoms. The number of hydrogen-bond donors (Lipinski definition) is 1. The fourth-order valence-electron chi connectivity index (χ4n) is 2.10. The van der Waals surface area contributed by atoms with E-state index in [1.165, 1.54) is 0 Å². The lowest BCUT2D eigenvalue weighted by Gasteiger charge is -2.09. The van der Waals surface area contributed by atoms with E-state index in [0.29, 0.717) is 5.92 Å². The second-order valence-corrected chi connectivity index (χ2v) is 4.99. The Bertz CT molecular complexity index is 502. The Morgan fingerprint density at radius 2 is 2.11 bits per heavy atom. The fraction of sp³-hybridized carbons (Fsp3) is 0.467. The lowest BCUT2D eigenvalue weighted by molar-refractivity contribution is 0.104. The van der Waals surface area contributed by atoms with Gasteiger partial charge in [-0.1, -0.05) is 26.0 Å². The van der Waals surface area contributed by atoms with E-state index in [1.54, 1.807) is 0 Å². The maximum absolute atomic E-state index is 9.29. The Balaban J connectivity index is 2.05. The minimum absolute atomic E-state index is 0.0885. The van der Waals surface area contributed by atoms with Crippen LogP contribution >= 0.6 is 0 Å². The molecule has 0 aliphatic rings. The van der Waals surface area contributed by atoms with Crippen molar-refractivity contribution < 1.29 is 9.84 Å².